The molecule has 0 aliphatic rings. The van der Waals surface area contributed by atoms with Crippen molar-refractivity contribution in [2.75, 3.05) is 11.1 Å². The highest BCUT2D eigenvalue weighted by Crippen LogP contribution is 2.32. The Morgan fingerprint density at radius 3 is 2.36 bits per heavy atom. The molecule has 0 bridgehead atoms. The zero-order valence-corrected chi connectivity index (χ0v) is 22.9. The van der Waals surface area contributed by atoms with Gasteiger partial charge in [-0.05, 0) is 55.8 Å². The molecule has 0 saturated heterocycles. The molecule has 0 atom stereocenters. The highest BCUT2D eigenvalue weighted by atomic mass is 19.1. The molecule has 9 nitrogen and oxygen atoms in total. The van der Waals surface area contributed by atoms with Crippen molar-refractivity contribution >= 4 is 17.4 Å². The molecule has 42 heavy (non-hydrogen) atoms. The summed E-state index contributed by atoms with van der Waals surface area (Å²) in [6.45, 7) is 3.58. The van der Waals surface area contributed by atoms with Crippen molar-refractivity contribution in [3.8, 4) is 39.4 Å². The van der Waals surface area contributed by atoms with Gasteiger partial charge in [-0.1, -0.05) is 12.1 Å². The van der Waals surface area contributed by atoms with Crippen LogP contribution >= 0.6 is 0 Å². The fourth-order valence-corrected chi connectivity index (χ4v) is 4.63. The van der Waals surface area contributed by atoms with Gasteiger partial charge in [-0.2, -0.15) is 10.4 Å². The largest absolute Gasteiger partial charge is 0.383 e. The number of nitrogens with zero attached hydrogens (tertiary/aromatic N) is 5. The number of aryl methyl sites for hydroxylation is 1. The van der Waals surface area contributed by atoms with Crippen LogP contribution in [0.1, 0.15) is 35.9 Å². The lowest BCUT2D eigenvalue weighted by atomic mass is 10.00. The van der Waals surface area contributed by atoms with Gasteiger partial charge in [-0.25, -0.2) is 13.8 Å². The number of halogens is 2. The van der Waals surface area contributed by atoms with E-state index in [2.05, 4.69) is 15.4 Å². The maximum atomic E-state index is 15.4. The molecule has 11 heteroatoms. The fraction of sp³-hybridized carbons (Fsp3) is 0.129. The average Bonchev–Trinajstić information content (AvgIpc) is 3.40. The van der Waals surface area contributed by atoms with Crippen LogP contribution < -0.4 is 16.5 Å². The minimum atomic E-state index is -0.797. The first-order valence-electron chi connectivity index (χ1n) is 12.9. The summed E-state index contributed by atoms with van der Waals surface area (Å²) >= 11 is 0. The molecule has 210 valence electrons. The van der Waals surface area contributed by atoms with Crippen LogP contribution in [0.2, 0.25) is 0 Å². The van der Waals surface area contributed by atoms with Gasteiger partial charge in [-0.3, -0.25) is 14.3 Å². The van der Waals surface area contributed by atoms with E-state index in [1.165, 1.54) is 47.2 Å². The predicted octanol–water partition coefficient (Wildman–Crippen LogP) is 5.54. The second kappa shape index (κ2) is 11.1. The van der Waals surface area contributed by atoms with E-state index in [4.69, 9.17) is 5.73 Å². The number of nitriles is 1. The molecule has 0 aliphatic carbocycles. The Morgan fingerprint density at radius 2 is 1.74 bits per heavy atom. The molecule has 0 saturated carbocycles. The van der Waals surface area contributed by atoms with Crippen LogP contribution in [-0.4, -0.2) is 25.2 Å². The highest BCUT2D eigenvalue weighted by Gasteiger charge is 2.23. The molecule has 0 aliphatic heterocycles. The molecular formula is C31H25F2N7O2. The Labute approximate surface area is 239 Å². The van der Waals surface area contributed by atoms with Crippen LogP contribution in [0.4, 0.5) is 20.3 Å². The summed E-state index contributed by atoms with van der Waals surface area (Å²) in [6, 6.07) is 12.6. The minimum Gasteiger partial charge on any atom is -0.383 e. The lowest BCUT2D eigenvalue weighted by Gasteiger charge is -2.18. The zero-order valence-electron chi connectivity index (χ0n) is 22.9. The molecule has 3 aromatic heterocycles. The number of nitrogens with two attached hydrogens (primary N) is 1. The van der Waals surface area contributed by atoms with E-state index >= 15 is 4.39 Å². The van der Waals surface area contributed by atoms with Crippen molar-refractivity contribution in [2.24, 2.45) is 7.05 Å². The van der Waals surface area contributed by atoms with Crippen molar-refractivity contribution < 1.29 is 13.6 Å². The lowest BCUT2D eigenvalue weighted by Crippen LogP contribution is -2.27. The quantitative estimate of drug-likeness (QED) is 0.278. The van der Waals surface area contributed by atoms with Crippen LogP contribution in [0.15, 0.2) is 78.1 Å². The standard InChI is InChI=1S/C31H25F2N7O2/c1-17(2)40-16-25(29(41)28(27(40)12-34)18-4-6-21(32)7-5-18)31(42)38-22-8-9-23(26(33)11-22)24-10-19(13-36-30(24)35)20-14-37-39(3)15-20/h4-11,13-17H,1-3H3,(H2,35,36)(H,38,42). The van der Waals surface area contributed by atoms with Crippen LogP contribution in [0.3, 0.4) is 0 Å². The smallest absolute Gasteiger partial charge is 0.261 e. The Balaban J connectivity index is 1.51. The number of nitrogens with one attached hydrogen (secondary N) is 1. The van der Waals surface area contributed by atoms with Crippen LogP contribution in [-0.2, 0) is 7.05 Å². The number of hydrogen-bond donors (Lipinski definition) is 2. The van der Waals surface area contributed by atoms with E-state index in [0.29, 0.717) is 11.1 Å². The SMILES string of the molecule is CC(C)n1cc(C(=O)Nc2ccc(-c3cc(-c4cnn(C)c4)cnc3N)c(F)c2)c(=O)c(-c2ccc(F)cc2)c1C#N. The van der Waals surface area contributed by atoms with Crippen molar-refractivity contribution in [1.82, 2.24) is 19.3 Å². The van der Waals surface area contributed by atoms with E-state index in [1.54, 1.807) is 50.2 Å². The molecule has 2 aromatic carbocycles. The Hall–Kier alpha value is -5.63. The summed E-state index contributed by atoms with van der Waals surface area (Å²) in [7, 11) is 1.78. The van der Waals surface area contributed by atoms with Gasteiger partial charge in [0.05, 0.1) is 11.8 Å². The van der Waals surface area contributed by atoms with Gasteiger partial charge in [0.2, 0.25) is 5.43 Å². The summed E-state index contributed by atoms with van der Waals surface area (Å²) in [5, 5.41) is 16.6. The molecule has 0 radical (unpaired) electrons. The van der Waals surface area contributed by atoms with Gasteiger partial charge in [0.1, 0.15) is 34.8 Å². The molecule has 5 aromatic rings. The molecule has 0 spiro atoms. The maximum Gasteiger partial charge on any atom is 0.261 e. The first kappa shape index (κ1) is 27.9. The molecule has 3 N–H and O–H groups in total. The van der Waals surface area contributed by atoms with Crippen molar-refractivity contribution in [1.29, 1.82) is 5.26 Å². The number of aromatic nitrogens is 4. The molecule has 0 fully saturated rings. The number of benzene rings is 2. The molecule has 0 unspecified atom stereocenters. The molecule has 3 heterocycles. The van der Waals surface area contributed by atoms with Crippen LogP contribution in [0.25, 0.3) is 33.4 Å². The minimum absolute atomic E-state index is 0.0307. The summed E-state index contributed by atoms with van der Waals surface area (Å²) < 4.78 is 32.1. The Bertz CT molecular complexity index is 1940. The molecular weight excluding hydrogens is 540 g/mol. The van der Waals surface area contributed by atoms with E-state index in [-0.39, 0.29) is 45.5 Å². The summed E-state index contributed by atoms with van der Waals surface area (Å²) in [4.78, 5) is 31.1. The van der Waals surface area contributed by atoms with Crippen molar-refractivity contribution in [3.05, 3.63) is 106 Å². The van der Waals surface area contributed by atoms with E-state index in [9.17, 15) is 19.2 Å². The van der Waals surface area contributed by atoms with Crippen molar-refractivity contribution in [3.63, 3.8) is 0 Å². The van der Waals surface area contributed by atoms with E-state index in [1.807, 2.05) is 6.07 Å². The topological polar surface area (TPSA) is 132 Å². The molecule has 5 rings (SSSR count). The van der Waals surface area contributed by atoms with Gasteiger partial charge in [0.25, 0.3) is 5.91 Å². The number of carbonyl (C=O) groups excluding carboxylic acids is 1. The number of carbonyl (C=O) groups is 1. The van der Waals surface area contributed by atoms with Gasteiger partial charge in [-0.15, -0.1) is 0 Å². The first-order chi connectivity index (χ1) is 20.1. The van der Waals surface area contributed by atoms with E-state index < -0.39 is 23.0 Å². The summed E-state index contributed by atoms with van der Waals surface area (Å²) in [5.41, 5.74) is 7.50. The average molecular weight is 566 g/mol. The fourth-order valence-electron chi connectivity index (χ4n) is 4.63. The van der Waals surface area contributed by atoms with Gasteiger partial charge in [0.15, 0.2) is 0 Å². The monoisotopic (exact) mass is 565 g/mol. The number of rotatable bonds is 6. The maximum absolute atomic E-state index is 15.4. The summed E-state index contributed by atoms with van der Waals surface area (Å²) in [5.74, 6) is -1.86. The van der Waals surface area contributed by atoms with Gasteiger partial charge < -0.3 is 15.6 Å². The third-order valence-electron chi connectivity index (χ3n) is 6.75. The Kier molecular flexibility index (Phi) is 7.37. The van der Waals surface area contributed by atoms with Crippen LogP contribution in [0, 0.1) is 23.0 Å². The van der Waals surface area contributed by atoms with Crippen molar-refractivity contribution in [2.45, 2.75) is 19.9 Å². The second-order valence-corrected chi connectivity index (χ2v) is 9.92. The molecule has 1 amide bonds. The lowest BCUT2D eigenvalue weighted by molar-refractivity contribution is 0.102. The number of pyridine rings is 2. The second-order valence-electron chi connectivity index (χ2n) is 9.92. The third-order valence-corrected chi connectivity index (χ3v) is 6.75. The normalized spacial score (nSPS) is 11.0. The van der Waals surface area contributed by atoms with Gasteiger partial charge in [0, 0.05) is 59.6 Å². The van der Waals surface area contributed by atoms with E-state index in [0.717, 1.165) is 11.6 Å². The van der Waals surface area contributed by atoms with Crippen LogP contribution in [0.5, 0.6) is 0 Å². The first-order valence-corrected chi connectivity index (χ1v) is 12.9. The summed E-state index contributed by atoms with van der Waals surface area (Å²) in [6.07, 6.45) is 6.33. The Morgan fingerprint density at radius 1 is 1.00 bits per heavy atom. The number of hydrogen-bond acceptors (Lipinski definition) is 6. The third kappa shape index (κ3) is 5.25. The predicted molar refractivity (Wildman–Crippen MR) is 155 cm³/mol. The highest BCUT2D eigenvalue weighted by molar-refractivity contribution is 6.05. The number of amides is 1. The number of nitrogen functional groups attached to an aromatic ring is 1. The number of anilines is 2. The van der Waals surface area contributed by atoms with Gasteiger partial charge >= 0.3 is 0 Å². The zero-order chi connectivity index (χ0) is 30.1.